The summed E-state index contributed by atoms with van der Waals surface area (Å²) in [6.07, 6.45) is 3.48. The van der Waals surface area contributed by atoms with Gasteiger partial charge in [-0.05, 0) is 81.2 Å². The van der Waals surface area contributed by atoms with E-state index in [9.17, 15) is 9.59 Å². The summed E-state index contributed by atoms with van der Waals surface area (Å²) in [7, 11) is 2.15. The fraction of sp³-hybridized carbons (Fsp3) is 0.343. The third kappa shape index (κ3) is 5.69. The van der Waals surface area contributed by atoms with Crippen LogP contribution in [0.2, 0.25) is 0 Å². The molecule has 0 N–H and O–H groups in total. The van der Waals surface area contributed by atoms with Crippen LogP contribution in [0.25, 0.3) is 10.4 Å². The molecule has 3 aliphatic rings. The number of para-hydroxylation sites is 2. The lowest BCUT2D eigenvalue weighted by Gasteiger charge is -2.28. The zero-order chi connectivity index (χ0) is 29.3. The second kappa shape index (κ2) is 11.9. The monoisotopic (exact) mass is 592 g/mol. The number of ketones is 1. The summed E-state index contributed by atoms with van der Waals surface area (Å²) in [5.41, 5.74) is 4.54. The standard InChI is InChI=1S/C35H36N4O3S/c1-37-16-13-24(14-17-37)21-30(40)32-22-25-15-18-39(29-10-4-3-8-27(29)34(25)43-32)35(41)28-9-6-12-33(36-28)38-19-20-42-31-11-5-2-7-26(31)23-38/h2-12,22,24H,13-21,23H2,1H3. The fourth-order valence-corrected chi connectivity index (χ4v) is 7.64. The van der Waals surface area contributed by atoms with Crippen LogP contribution in [0, 0.1) is 5.92 Å². The van der Waals surface area contributed by atoms with Crippen molar-refractivity contribution in [3.63, 3.8) is 0 Å². The molecule has 0 unspecified atom stereocenters. The molecule has 0 spiro atoms. The second-order valence-electron chi connectivity index (χ2n) is 11.8. The number of carbonyl (C=O) groups is 2. The number of fused-ring (bicyclic) bond motifs is 4. The zero-order valence-corrected chi connectivity index (χ0v) is 25.3. The zero-order valence-electron chi connectivity index (χ0n) is 24.5. The van der Waals surface area contributed by atoms with Crippen LogP contribution in [0.3, 0.4) is 0 Å². The number of likely N-dealkylation sites (tertiary alicyclic amines) is 1. The lowest BCUT2D eigenvalue weighted by molar-refractivity contribution is 0.0938. The van der Waals surface area contributed by atoms with Crippen molar-refractivity contribution in [3.8, 4) is 16.2 Å². The van der Waals surface area contributed by atoms with Gasteiger partial charge in [0.05, 0.1) is 17.1 Å². The average Bonchev–Trinajstić information content (AvgIpc) is 3.25. The van der Waals surface area contributed by atoms with Gasteiger partial charge in [-0.25, -0.2) is 4.98 Å². The SMILES string of the molecule is CN1CCC(CC(=O)c2cc3c(s2)-c2ccccc2N(C(=O)c2cccc(N4CCOc5ccccc5C4)n2)CC3)CC1. The van der Waals surface area contributed by atoms with Gasteiger partial charge in [0.15, 0.2) is 5.78 Å². The summed E-state index contributed by atoms with van der Waals surface area (Å²) in [5, 5.41) is 0. The number of pyridine rings is 1. The van der Waals surface area contributed by atoms with Crippen LogP contribution in [0.5, 0.6) is 5.75 Å². The predicted octanol–water partition coefficient (Wildman–Crippen LogP) is 6.33. The molecule has 0 saturated carbocycles. The Morgan fingerprint density at radius 3 is 2.63 bits per heavy atom. The molecule has 3 aliphatic heterocycles. The lowest BCUT2D eigenvalue weighted by Crippen LogP contribution is -2.34. The second-order valence-corrected chi connectivity index (χ2v) is 12.9. The molecule has 4 aromatic rings. The van der Waals surface area contributed by atoms with Gasteiger partial charge in [-0.1, -0.05) is 42.5 Å². The lowest BCUT2D eigenvalue weighted by atomic mass is 9.91. The summed E-state index contributed by atoms with van der Waals surface area (Å²) in [4.78, 5) is 40.6. The topological polar surface area (TPSA) is 66.0 Å². The summed E-state index contributed by atoms with van der Waals surface area (Å²) in [6, 6.07) is 23.9. The van der Waals surface area contributed by atoms with E-state index in [1.807, 2.05) is 53.4 Å². The number of hydrogen-bond donors (Lipinski definition) is 0. The summed E-state index contributed by atoms with van der Waals surface area (Å²) in [5.74, 6) is 2.26. The van der Waals surface area contributed by atoms with Crippen LogP contribution in [-0.4, -0.2) is 61.4 Å². The van der Waals surface area contributed by atoms with Gasteiger partial charge in [0, 0.05) is 35.5 Å². The van der Waals surface area contributed by atoms with Crippen LogP contribution in [-0.2, 0) is 13.0 Å². The van der Waals surface area contributed by atoms with Crippen LogP contribution < -0.4 is 14.5 Å². The number of Topliss-reactive ketones (excluding diaryl/α,β-unsaturated/α-hetero) is 1. The predicted molar refractivity (Wildman–Crippen MR) is 172 cm³/mol. The van der Waals surface area contributed by atoms with Crippen LogP contribution in [0.1, 0.15) is 50.5 Å². The highest BCUT2D eigenvalue weighted by Gasteiger charge is 2.29. The van der Waals surface area contributed by atoms with E-state index in [1.54, 1.807) is 17.4 Å². The molecule has 2 aromatic heterocycles. The van der Waals surface area contributed by atoms with E-state index in [4.69, 9.17) is 9.72 Å². The summed E-state index contributed by atoms with van der Waals surface area (Å²) >= 11 is 1.58. The number of ether oxygens (including phenoxy) is 1. The van der Waals surface area contributed by atoms with Crippen LogP contribution in [0.4, 0.5) is 11.5 Å². The molecule has 43 heavy (non-hydrogen) atoms. The van der Waals surface area contributed by atoms with Gasteiger partial charge in [0.2, 0.25) is 0 Å². The van der Waals surface area contributed by atoms with Gasteiger partial charge in [-0.3, -0.25) is 9.59 Å². The van der Waals surface area contributed by atoms with Crippen LogP contribution in [0.15, 0.2) is 72.8 Å². The van der Waals surface area contributed by atoms with Crippen molar-refractivity contribution >= 4 is 34.5 Å². The Hall–Kier alpha value is -4.01. The number of amides is 1. The van der Waals surface area contributed by atoms with E-state index in [1.165, 1.54) is 0 Å². The molecular weight excluding hydrogens is 556 g/mol. The Morgan fingerprint density at radius 2 is 1.74 bits per heavy atom. The summed E-state index contributed by atoms with van der Waals surface area (Å²) < 4.78 is 5.95. The van der Waals surface area contributed by atoms with E-state index in [0.29, 0.717) is 50.7 Å². The highest BCUT2D eigenvalue weighted by Crippen LogP contribution is 2.42. The smallest absolute Gasteiger partial charge is 0.276 e. The molecule has 1 fully saturated rings. The van der Waals surface area contributed by atoms with E-state index in [0.717, 1.165) is 69.6 Å². The maximum atomic E-state index is 14.1. The number of piperidine rings is 1. The Labute approximate surface area is 256 Å². The first kappa shape index (κ1) is 27.8. The van der Waals surface area contributed by atoms with E-state index in [-0.39, 0.29) is 11.7 Å². The number of nitrogens with zero attached hydrogens (tertiary/aromatic N) is 4. The maximum Gasteiger partial charge on any atom is 0.276 e. The molecule has 0 aliphatic carbocycles. The van der Waals surface area contributed by atoms with Crippen molar-refractivity contribution < 1.29 is 14.3 Å². The minimum absolute atomic E-state index is 0.116. The molecule has 0 radical (unpaired) electrons. The van der Waals surface area contributed by atoms with Gasteiger partial charge >= 0.3 is 0 Å². The molecule has 7 rings (SSSR count). The van der Waals surface area contributed by atoms with Gasteiger partial charge < -0.3 is 19.4 Å². The molecule has 1 amide bonds. The molecular formula is C35H36N4O3S. The molecule has 7 nitrogen and oxygen atoms in total. The summed E-state index contributed by atoms with van der Waals surface area (Å²) in [6.45, 7) is 4.57. The number of carbonyl (C=O) groups excluding carboxylic acids is 2. The van der Waals surface area contributed by atoms with Gasteiger partial charge in [-0.2, -0.15) is 0 Å². The molecule has 220 valence electrons. The first-order valence-electron chi connectivity index (χ1n) is 15.2. The van der Waals surface area contributed by atoms with Crippen molar-refractivity contribution in [1.82, 2.24) is 9.88 Å². The van der Waals surface area contributed by atoms with E-state index >= 15 is 0 Å². The maximum absolute atomic E-state index is 14.1. The Bertz CT molecular complexity index is 1660. The minimum atomic E-state index is -0.116. The third-order valence-electron chi connectivity index (χ3n) is 8.92. The number of anilines is 2. The number of rotatable bonds is 5. The third-order valence-corrected chi connectivity index (χ3v) is 10.2. The Morgan fingerprint density at radius 1 is 0.930 bits per heavy atom. The first-order valence-corrected chi connectivity index (χ1v) is 16.0. The minimum Gasteiger partial charge on any atom is -0.491 e. The Kier molecular flexibility index (Phi) is 7.72. The highest BCUT2D eigenvalue weighted by molar-refractivity contribution is 7.17. The fourth-order valence-electron chi connectivity index (χ4n) is 6.45. The highest BCUT2D eigenvalue weighted by atomic mass is 32.1. The molecule has 8 heteroatoms. The molecule has 0 bridgehead atoms. The molecule has 1 saturated heterocycles. The molecule has 5 heterocycles. The largest absolute Gasteiger partial charge is 0.491 e. The number of aromatic nitrogens is 1. The van der Waals surface area contributed by atoms with Crippen molar-refractivity contribution in [2.75, 3.05) is 49.6 Å². The van der Waals surface area contributed by atoms with Crippen LogP contribution >= 0.6 is 11.3 Å². The van der Waals surface area contributed by atoms with Crippen molar-refractivity contribution in [2.24, 2.45) is 5.92 Å². The number of thiophene rings is 1. The molecule has 2 aromatic carbocycles. The van der Waals surface area contributed by atoms with E-state index < -0.39 is 0 Å². The number of benzene rings is 2. The van der Waals surface area contributed by atoms with Crippen molar-refractivity contribution in [2.45, 2.75) is 32.2 Å². The molecule has 0 atom stereocenters. The van der Waals surface area contributed by atoms with E-state index in [2.05, 4.69) is 35.0 Å². The van der Waals surface area contributed by atoms with Crippen molar-refractivity contribution in [3.05, 3.63) is 94.5 Å². The normalized spacial score (nSPS) is 17.2. The van der Waals surface area contributed by atoms with Gasteiger partial charge in [0.25, 0.3) is 5.91 Å². The van der Waals surface area contributed by atoms with Crippen molar-refractivity contribution in [1.29, 1.82) is 0 Å². The quantitative estimate of drug-likeness (QED) is 0.253. The Balaban J connectivity index is 1.13. The number of hydrogen-bond acceptors (Lipinski definition) is 7. The van der Waals surface area contributed by atoms with Gasteiger partial charge in [0.1, 0.15) is 23.9 Å². The first-order chi connectivity index (χ1) is 21.0. The van der Waals surface area contributed by atoms with Gasteiger partial charge in [-0.15, -0.1) is 11.3 Å². The average molecular weight is 593 g/mol.